The number of aliphatic carboxylic acids is 1. The van der Waals surface area contributed by atoms with Gasteiger partial charge in [0.1, 0.15) is 17.9 Å². The molecule has 0 radical (unpaired) electrons. The van der Waals surface area contributed by atoms with Crippen LogP contribution >= 0.6 is 0 Å². The lowest BCUT2D eigenvalue weighted by atomic mass is 9.99. The van der Waals surface area contributed by atoms with Crippen molar-refractivity contribution < 1.29 is 19.1 Å². The molecule has 0 aliphatic heterocycles. The molecule has 0 atom stereocenters. The van der Waals surface area contributed by atoms with Crippen LogP contribution in [0.1, 0.15) is 16.7 Å². The highest BCUT2D eigenvalue weighted by molar-refractivity contribution is 5.93. The Morgan fingerprint density at radius 3 is 2.48 bits per heavy atom. The van der Waals surface area contributed by atoms with Crippen molar-refractivity contribution in [3.63, 3.8) is 0 Å². The highest BCUT2D eigenvalue weighted by Gasteiger charge is 2.13. The van der Waals surface area contributed by atoms with Crippen LogP contribution in [0.5, 0.6) is 5.75 Å². The van der Waals surface area contributed by atoms with Crippen LogP contribution in [-0.4, -0.2) is 11.1 Å². The van der Waals surface area contributed by atoms with Crippen LogP contribution in [-0.2, 0) is 24.4 Å². The summed E-state index contributed by atoms with van der Waals surface area (Å²) >= 11 is 0. The second-order valence-corrected chi connectivity index (χ2v) is 8.05. The maximum absolute atomic E-state index is 11.4. The van der Waals surface area contributed by atoms with Gasteiger partial charge in [-0.25, -0.2) is 0 Å². The molecule has 5 rings (SSSR count). The van der Waals surface area contributed by atoms with E-state index in [1.807, 2.05) is 66.7 Å². The zero-order valence-electron chi connectivity index (χ0n) is 18.0. The van der Waals surface area contributed by atoms with Gasteiger partial charge in [0.25, 0.3) is 0 Å². The number of hydrogen-bond acceptors (Lipinski definition) is 4. The number of rotatable bonds is 7. The largest absolute Gasteiger partial charge is 0.489 e. The molecule has 0 fully saturated rings. The molecule has 0 spiro atoms. The minimum atomic E-state index is -0.892. The lowest BCUT2D eigenvalue weighted by Gasteiger charge is -2.14. The van der Waals surface area contributed by atoms with Crippen molar-refractivity contribution in [1.29, 1.82) is 0 Å². The highest BCUT2D eigenvalue weighted by atomic mass is 16.5. The van der Waals surface area contributed by atoms with Crippen LogP contribution < -0.4 is 10.5 Å². The Labute approximate surface area is 191 Å². The van der Waals surface area contributed by atoms with Gasteiger partial charge in [0.05, 0.1) is 12.7 Å². The third-order valence-corrected chi connectivity index (χ3v) is 5.75. The first-order chi connectivity index (χ1) is 16.1. The summed E-state index contributed by atoms with van der Waals surface area (Å²) in [4.78, 5) is 11.4. The second kappa shape index (κ2) is 8.81. The smallest absolute Gasteiger partial charge is 0.307 e. The van der Waals surface area contributed by atoms with Crippen LogP contribution in [0.4, 0.5) is 0 Å². The summed E-state index contributed by atoms with van der Waals surface area (Å²) in [5.41, 5.74) is 11.3. The number of hydrogen-bond donors (Lipinski definition) is 2. The molecule has 0 saturated heterocycles. The summed E-state index contributed by atoms with van der Waals surface area (Å²) < 4.78 is 11.9. The van der Waals surface area contributed by atoms with Gasteiger partial charge in [0.15, 0.2) is 0 Å². The summed E-state index contributed by atoms with van der Waals surface area (Å²) in [5.74, 6) is -0.313. The molecule has 4 aromatic carbocycles. The van der Waals surface area contributed by atoms with Crippen molar-refractivity contribution in [3.8, 4) is 16.9 Å². The van der Waals surface area contributed by atoms with Gasteiger partial charge in [-0.1, -0.05) is 42.5 Å². The van der Waals surface area contributed by atoms with E-state index < -0.39 is 5.97 Å². The zero-order valence-corrected chi connectivity index (χ0v) is 18.0. The number of benzene rings is 4. The molecule has 0 amide bonds. The third-order valence-electron chi connectivity index (χ3n) is 5.75. The molecule has 0 unspecified atom stereocenters. The maximum Gasteiger partial charge on any atom is 0.307 e. The number of fused-ring (bicyclic) bond motifs is 2. The first-order valence-corrected chi connectivity index (χ1v) is 10.8. The normalized spacial score (nSPS) is 11.2. The van der Waals surface area contributed by atoms with E-state index in [0.29, 0.717) is 24.5 Å². The van der Waals surface area contributed by atoms with Crippen molar-refractivity contribution in [1.82, 2.24) is 0 Å². The average molecular weight is 437 g/mol. The Morgan fingerprint density at radius 1 is 0.879 bits per heavy atom. The maximum atomic E-state index is 11.4. The van der Waals surface area contributed by atoms with Crippen molar-refractivity contribution in [3.05, 3.63) is 102 Å². The van der Waals surface area contributed by atoms with Crippen LogP contribution in [0.15, 0.2) is 89.5 Å². The lowest BCUT2D eigenvalue weighted by molar-refractivity contribution is -0.136. The molecule has 0 saturated carbocycles. The zero-order chi connectivity index (χ0) is 22.8. The molecule has 5 heteroatoms. The Morgan fingerprint density at radius 2 is 1.70 bits per heavy atom. The van der Waals surface area contributed by atoms with Crippen molar-refractivity contribution in [2.24, 2.45) is 5.73 Å². The van der Waals surface area contributed by atoms with Gasteiger partial charge in [0, 0.05) is 23.1 Å². The molecule has 3 N–H and O–H groups in total. The number of furan rings is 1. The minimum absolute atomic E-state index is 0.0991. The molecular weight excluding hydrogens is 414 g/mol. The second-order valence-electron chi connectivity index (χ2n) is 8.05. The minimum Gasteiger partial charge on any atom is -0.489 e. The standard InChI is InChI=1S/C28H23NO4/c29-16-18-4-3-7-22(10-18)25-12-19(11-23-8-9-32-28(23)25)17-33-26-14-21-6-2-1-5-20(21)13-24(26)15-27(30)31/h1-14H,15-17,29H2,(H,30,31). The van der Waals surface area contributed by atoms with Crippen molar-refractivity contribution in [2.45, 2.75) is 19.6 Å². The Kier molecular flexibility index (Phi) is 5.55. The van der Waals surface area contributed by atoms with Gasteiger partial charge in [0.2, 0.25) is 0 Å². The van der Waals surface area contributed by atoms with Crippen molar-refractivity contribution >= 4 is 27.7 Å². The van der Waals surface area contributed by atoms with Crippen LogP contribution in [0.25, 0.3) is 32.9 Å². The Balaban J connectivity index is 1.51. The topological polar surface area (TPSA) is 85.7 Å². The van der Waals surface area contributed by atoms with Gasteiger partial charge >= 0.3 is 5.97 Å². The van der Waals surface area contributed by atoms with E-state index in [-0.39, 0.29) is 6.42 Å². The number of carboxylic acid groups (broad SMARTS) is 1. The fraction of sp³-hybridized carbons (Fsp3) is 0.107. The molecule has 0 bridgehead atoms. The quantitative estimate of drug-likeness (QED) is 0.330. The van der Waals surface area contributed by atoms with E-state index in [2.05, 4.69) is 12.1 Å². The lowest BCUT2D eigenvalue weighted by Crippen LogP contribution is -2.04. The monoisotopic (exact) mass is 437 g/mol. The number of carboxylic acids is 1. The highest BCUT2D eigenvalue weighted by Crippen LogP contribution is 2.33. The van der Waals surface area contributed by atoms with Gasteiger partial charge in [-0.3, -0.25) is 4.79 Å². The Bertz CT molecular complexity index is 1470. The molecule has 5 aromatic rings. The first-order valence-electron chi connectivity index (χ1n) is 10.8. The molecule has 1 aromatic heterocycles. The third kappa shape index (κ3) is 4.31. The number of carbonyl (C=O) groups is 1. The van der Waals surface area contributed by atoms with E-state index in [0.717, 1.165) is 44.0 Å². The first kappa shape index (κ1) is 20.8. The van der Waals surface area contributed by atoms with Gasteiger partial charge in [-0.2, -0.15) is 0 Å². The Hall–Kier alpha value is -4.09. The van der Waals surface area contributed by atoms with E-state index in [9.17, 15) is 9.90 Å². The summed E-state index contributed by atoms with van der Waals surface area (Å²) in [7, 11) is 0. The van der Waals surface area contributed by atoms with Crippen LogP contribution in [0.3, 0.4) is 0 Å². The average Bonchev–Trinajstić information content (AvgIpc) is 3.30. The molecule has 1 heterocycles. The molecule has 0 aliphatic rings. The number of ether oxygens (including phenoxy) is 1. The van der Waals surface area contributed by atoms with Crippen LogP contribution in [0, 0.1) is 0 Å². The summed E-state index contributed by atoms with van der Waals surface area (Å²) in [6.07, 6.45) is 1.58. The van der Waals surface area contributed by atoms with E-state index in [1.165, 1.54) is 0 Å². The molecule has 164 valence electrons. The van der Waals surface area contributed by atoms with Crippen molar-refractivity contribution in [2.75, 3.05) is 0 Å². The van der Waals surface area contributed by atoms with E-state index in [1.54, 1.807) is 6.26 Å². The van der Waals surface area contributed by atoms with Crippen LogP contribution in [0.2, 0.25) is 0 Å². The predicted octanol–water partition coefficient (Wildman–Crippen LogP) is 5.92. The molecule has 0 aliphatic carbocycles. The number of nitrogens with two attached hydrogens (primary N) is 1. The van der Waals surface area contributed by atoms with Gasteiger partial charge in [-0.15, -0.1) is 0 Å². The molecule has 33 heavy (non-hydrogen) atoms. The summed E-state index contributed by atoms with van der Waals surface area (Å²) in [5, 5.41) is 12.3. The SMILES string of the molecule is NCc1cccc(-c2cc(COc3cc4ccccc4cc3CC(=O)O)cc3ccoc23)c1. The summed E-state index contributed by atoms with van der Waals surface area (Å²) in [6, 6.07) is 25.8. The fourth-order valence-electron chi connectivity index (χ4n) is 4.17. The fourth-order valence-corrected chi connectivity index (χ4v) is 4.17. The molecule has 5 nitrogen and oxygen atoms in total. The predicted molar refractivity (Wildman–Crippen MR) is 129 cm³/mol. The van der Waals surface area contributed by atoms with Gasteiger partial charge < -0.3 is 20.0 Å². The van der Waals surface area contributed by atoms with E-state index >= 15 is 0 Å². The summed E-state index contributed by atoms with van der Waals surface area (Å²) in [6.45, 7) is 0.766. The molecular formula is C28H23NO4. The van der Waals surface area contributed by atoms with Gasteiger partial charge in [-0.05, 0) is 63.9 Å². The van der Waals surface area contributed by atoms with E-state index in [4.69, 9.17) is 14.9 Å².